The normalized spacial score (nSPS) is 10.7. The Morgan fingerprint density at radius 2 is 1.79 bits per heavy atom. The minimum absolute atomic E-state index is 0.271. The van der Waals surface area contributed by atoms with Gasteiger partial charge in [0.25, 0.3) is 5.91 Å². The molecule has 7 heteroatoms. The van der Waals surface area contributed by atoms with Crippen molar-refractivity contribution >= 4 is 46.3 Å². The topological polar surface area (TPSA) is 59.9 Å². The van der Waals surface area contributed by atoms with Gasteiger partial charge in [-0.1, -0.05) is 23.7 Å². The number of nitrogens with zero attached hydrogens (tertiary/aromatic N) is 1. The monoisotopic (exact) mass is 520 g/mol. The largest absolute Gasteiger partial charge is 0.493 e. The summed E-state index contributed by atoms with van der Waals surface area (Å²) in [6, 6.07) is 20.1. The molecule has 0 aliphatic carbocycles. The van der Waals surface area contributed by atoms with E-state index in [1.165, 1.54) is 0 Å². The first-order chi connectivity index (χ1) is 14.0. The Morgan fingerprint density at radius 3 is 2.48 bits per heavy atom. The highest BCUT2D eigenvalue weighted by atomic mass is 127. The number of benzene rings is 3. The number of nitrogens with one attached hydrogen (secondary N) is 1. The molecule has 0 spiro atoms. The second kappa shape index (κ2) is 10.3. The lowest BCUT2D eigenvalue weighted by atomic mass is 10.2. The van der Waals surface area contributed by atoms with Gasteiger partial charge in [-0.2, -0.15) is 5.10 Å². The van der Waals surface area contributed by atoms with Crippen LogP contribution in [0.3, 0.4) is 0 Å². The SMILES string of the molecule is COc1cc(/C=N\NC(=O)c2ccc(I)cc2)ccc1OCc1ccc(Cl)cc1. The molecule has 0 aromatic heterocycles. The minimum atomic E-state index is -0.271. The summed E-state index contributed by atoms with van der Waals surface area (Å²) in [5.74, 6) is 0.918. The van der Waals surface area contributed by atoms with Gasteiger partial charge in [-0.05, 0) is 88.3 Å². The highest BCUT2D eigenvalue weighted by molar-refractivity contribution is 14.1. The van der Waals surface area contributed by atoms with E-state index in [0.29, 0.717) is 28.7 Å². The van der Waals surface area contributed by atoms with E-state index in [0.717, 1.165) is 14.7 Å². The van der Waals surface area contributed by atoms with E-state index in [2.05, 4.69) is 33.1 Å². The van der Waals surface area contributed by atoms with Gasteiger partial charge < -0.3 is 9.47 Å². The van der Waals surface area contributed by atoms with Crippen LogP contribution >= 0.6 is 34.2 Å². The highest BCUT2D eigenvalue weighted by Gasteiger charge is 2.07. The van der Waals surface area contributed by atoms with Crippen LogP contribution in [-0.2, 0) is 6.61 Å². The first-order valence-electron chi connectivity index (χ1n) is 8.69. The van der Waals surface area contributed by atoms with E-state index in [1.807, 2.05) is 42.5 Å². The molecule has 0 aliphatic rings. The Morgan fingerprint density at radius 1 is 1.07 bits per heavy atom. The van der Waals surface area contributed by atoms with Gasteiger partial charge in [0.1, 0.15) is 6.61 Å². The van der Waals surface area contributed by atoms with E-state index in [-0.39, 0.29) is 5.91 Å². The summed E-state index contributed by atoms with van der Waals surface area (Å²) in [7, 11) is 1.57. The fourth-order valence-electron chi connectivity index (χ4n) is 2.46. The third kappa shape index (κ3) is 6.20. The predicted octanol–water partition coefficient (Wildman–Crippen LogP) is 5.30. The van der Waals surface area contributed by atoms with E-state index < -0.39 is 0 Å². The predicted molar refractivity (Wildman–Crippen MR) is 123 cm³/mol. The molecule has 1 amide bonds. The molecule has 3 aromatic carbocycles. The van der Waals surface area contributed by atoms with Crippen molar-refractivity contribution in [3.05, 3.63) is 92.0 Å². The highest BCUT2D eigenvalue weighted by Crippen LogP contribution is 2.28. The lowest BCUT2D eigenvalue weighted by Gasteiger charge is -2.11. The summed E-state index contributed by atoms with van der Waals surface area (Å²) in [5.41, 5.74) is 4.83. The summed E-state index contributed by atoms with van der Waals surface area (Å²) in [6.07, 6.45) is 1.55. The van der Waals surface area contributed by atoms with Crippen LogP contribution in [0.2, 0.25) is 5.02 Å². The first kappa shape index (κ1) is 21.1. The molecule has 0 saturated carbocycles. The molecular formula is C22H18ClIN2O3. The fourth-order valence-corrected chi connectivity index (χ4v) is 2.94. The van der Waals surface area contributed by atoms with Gasteiger partial charge in [0.05, 0.1) is 13.3 Å². The lowest BCUT2D eigenvalue weighted by molar-refractivity contribution is 0.0955. The maximum absolute atomic E-state index is 12.1. The zero-order chi connectivity index (χ0) is 20.6. The number of methoxy groups -OCH3 is 1. The van der Waals surface area contributed by atoms with Crippen LogP contribution in [-0.4, -0.2) is 19.2 Å². The van der Waals surface area contributed by atoms with Gasteiger partial charge in [-0.25, -0.2) is 5.43 Å². The summed E-state index contributed by atoms with van der Waals surface area (Å²) in [6.45, 7) is 0.396. The van der Waals surface area contributed by atoms with Crippen molar-refractivity contribution in [2.75, 3.05) is 7.11 Å². The van der Waals surface area contributed by atoms with Crippen LogP contribution in [0.25, 0.3) is 0 Å². The maximum atomic E-state index is 12.1. The lowest BCUT2D eigenvalue weighted by Crippen LogP contribution is -2.17. The summed E-state index contributed by atoms with van der Waals surface area (Å²) in [5, 5.41) is 4.70. The molecule has 0 unspecified atom stereocenters. The van der Waals surface area contributed by atoms with Crippen molar-refractivity contribution in [3.8, 4) is 11.5 Å². The zero-order valence-electron chi connectivity index (χ0n) is 15.6. The van der Waals surface area contributed by atoms with Crippen molar-refractivity contribution in [3.63, 3.8) is 0 Å². The molecule has 0 heterocycles. The van der Waals surface area contributed by atoms with Gasteiger partial charge in [0, 0.05) is 14.2 Å². The molecule has 1 N–H and O–H groups in total. The Kier molecular flexibility index (Phi) is 7.48. The Balaban J connectivity index is 1.61. The first-order valence-corrected chi connectivity index (χ1v) is 10.1. The number of hydrogen-bond acceptors (Lipinski definition) is 4. The third-order valence-electron chi connectivity index (χ3n) is 3.98. The number of carbonyl (C=O) groups is 1. The van der Waals surface area contributed by atoms with Crippen LogP contribution in [0.1, 0.15) is 21.5 Å². The molecule has 0 aliphatic heterocycles. The Labute approximate surface area is 187 Å². The van der Waals surface area contributed by atoms with Crippen molar-refractivity contribution < 1.29 is 14.3 Å². The molecule has 3 aromatic rings. The number of halogens is 2. The maximum Gasteiger partial charge on any atom is 0.271 e. The fraction of sp³-hybridized carbons (Fsp3) is 0.0909. The molecule has 0 fully saturated rings. The summed E-state index contributed by atoms with van der Waals surface area (Å²) < 4.78 is 12.3. The van der Waals surface area contributed by atoms with Crippen molar-refractivity contribution in [2.45, 2.75) is 6.61 Å². The van der Waals surface area contributed by atoms with Crippen LogP contribution in [0, 0.1) is 3.57 Å². The second-order valence-corrected chi connectivity index (χ2v) is 7.71. The van der Waals surface area contributed by atoms with Crippen LogP contribution in [0.5, 0.6) is 11.5 Å². The third-order valence-corrected chi connectivity index (χ3v) is 4.95. The molecule has 0 radical (unpaired) electrons. The van der Waals surface area contributed by atoms with Crippen molar-refractivity contribution in [1.29, 1.82) is 0 Å². The molecule has 5 nitrogen and oxygen atoms in total. The molecule has 148 valence electrons. The zero-order valence-corrected chi connectivity index (χ0v) is 18.5. The van der Waals surface area contributed by atoms with E-state index >= 15 is 0 Å². The van der Waals surface area contributed by atoms with Crippen molar-refractivity contribution in [1.82, 2.24) is 5.43 Å². The molecule has 29 heavy (non-hydrogen) atoms. The van der Waals surface area contributed by atoms with Gasteiger partial charge in [0.15, 0.2) is 11.5 Å². The average molecular weight is 521 g/mol. The molecule has 0 bridgehead atoms. The molecule has 0 atom stereocenters. The van der Waals surface area contributed by atoms with E-state index in [4.69, 9.17) is 21.1 Å². The average Bonchev–Trinajstić information content (AvgIpc) is 2.74. The smallest absolute Gasteiger partial charge is 0.271 e. The van der Waals surface area contributed by atoms with Gasteiger partial charge in [-0.15, -0.1) is 0 Å². The number of amides is 1. The van der Waals surface area contributed by atoms with Gasteiger partial charge in [-0.3, -0.25) is 4.79 Å². The molecule has 3 rings (SSSR count). The van der Waals surface area contributed by atoms with Crippen LogP contribution in [0.4, 0.5) is 0 Å². The van der Waals surface area contributed by atoms with Gasteiger partial charge >= 0.3 is 0 Å². The second-order valence-electron chi connectivity index (χ2n) is 6.03. The minimum Gasteiger partial charge on any atom is -0.493 e. The molecule has 0 saturated heterocycles. The standard InChI is InChI=1S/C22H18ClIN2O3/c1-28-21-12-16(13-25-26-22(27)17-5-9-19(24)10-6-17)4-11-20(21)29-14-15-2-7-18(23)8-3-15/h2-13H,14H2,1H3,(H,26,27)/b25-13-. The number of hydrazone groups is 1. The number of carbonyl (C=O) groups excluding carboxylic acids is 1. The van der Waals surface area contributed by atoms with Crippen LogP contribution < -0.4 is 14.9 Å². The quantitative estimate of drug-likeness (QED) is 0.261. The number of ether oxygens (including phenoxy) is 2. The Hall–Kier alpha value is -2.58. The Bertz CT molecular complexity index is 1010. The van der Waals surface area contributed by atoms with Crippen LogP contribution in [0.15, 0.2) is 71.8 Å². The van der Waals surface area contributed by atoms with E-state index in [9.17, 15) is 4.79 Å². The summed E-state index contributed by atoms with van der Waals surface area (Å²) >= 11 is 8.08. The van der Waals surface area contributed by atoms with Gasteiger partial charge in [0.2, 0.25) is 0 Å². The number of hydrogen-bond donors (Lipinski definition) is 1. The molecular weight excluding hydrogens is 503 g/mol. The summed E-state index contributed by atoms with van der Waals surface area (Å²) in [4.78, 5) is 12.1. The number of rotatable bonds is 7. The van der Waals surface area contributed by atoms with E-state index in [1.54, 1.807) is 37.6 Å². The van der Waals surface area contributed by atoms with Crippen molar-refractivity contribution in [2.24, 2.45) is 5.10 Å².